The molecule has 0 radical (unpaired) electrons. The molecular weight excluding hydrogens is 162 g/mol. The smallest absolute Gasteiger partial charge is 0.141 e. The standard InChI is InChI=1S/C11H13NO/c13-11-7-2-1-5-9(11)10-6-3-4-8-12-10/h3-4,6,8-9H,1-2,5,7H2. The van der Waals surface area contributed by atoms with Gasteiger partial charge in [0.05, 0.1) is 11.6 Å². The highest BCUT2D eigenvalue weighted by Crippen LogP contribution is 2.28. The lowest BCUT2D eigenvalue weighted by atomic mass is 9.85. The number of Topliss-reactive ketones (excluding diaryl/α,β-unsaturated/α-hetero) is 1. The minimum absolute atomic E-state index is 0.0787. The van der Waals surface area contributed by atoms with Crippen LogP contribution in [0.5, 0.6) is 0 Å². The van der Waals surface area contributed by atoms with E-state index >= 15 is 0 Å². The molecule has 1 aliphatic carbocycles. The topological polar surface area (TPSA) is 30.0 Å². The van der Waals surface area contributed by atoms with Gasteiger partial charge >= 0.3 is 0 Å². The third-order valence-electron chi connectivity index (χ3n) is 2.60. The lowest BCUT2D eigenvalue weighted by Gasteiger charge is -2.19. The maximum absolute atomic E-state index is 11.6. The van der Waals surface area contributed by atoms with E-state index in [1.807, 2.05) is 18.2 Å². The van der Waals surface area contributed by atoms with Gasteiger partial charge in [0.25, 0.3) is 0 Å². The molecule has 1 aromatic heterocycles. The first-order valence-electron chi connectivity index (χ1n) is 4.81. The van der Waals surface area contributed by atoms with Gasteiger partial charge in [0.15, 0.2) is 0 Å². The van der Waals surface area contributed by atoms with Crippen LogP contribution in [-0.4, -0.2) is 10.8 Å². The number of hydrogen-bond acceptors (Lipinski definition) is 2. The van der Waals surface area contributed by atoms with Crippen LogP contribution >= 0.6 is 0 Å². The number of carbonyl (C=O) groups is 1. The molecule has 68 valence electrons. The highest BCUT2D eigenvalue weighted by molar-refractivity contribution is 5.85. The number of pyridine rings is 1. The highest BCUT2D eigenvalue weighted by atomic mass is 16.1. The van der Waals surface area contributed by atoms with Crippen LogP contribution in [0.25, 0.3) is 0 Å². The Hall–Kier alpha value is -1.18. The molecule has 0 saturated heterocycles. The molecule has 1 fully saturated rings. The van der Waals surface area contributed by atoms with E-state index in [4.69, 9.17) is 0 Å². The lowest BCUT2D eigenvalue weighted by molar-refractivity contribution is -0.121. The molecule has 1 saturated carbocycles. The number of carbonyl (C=O) groups excluding carboxylic acids is 1. The van der Waals surface area contributed by atoms with Crippen LogP contribution in [0.15, 0.2) is 24.4 Å². The van der Waals surface area contributed by atoms with Crippen molar-refractivity contribution in [3.05, 3.63) is 30.1 Å². The van der Waals surface area contributed by atoms with Gasteiger partial charge in [-0.1, -0.05) is 12.5 Å². The fourth-order valence-electron chi connectivity index (χ4n) is 1.88. The van der Waals surface area contributed by atoms with Crippen LogP contribution < -0.4 is 0 Å². The van der Waals surface area contributed by atoms with E-state index < -0.39 is 0 Å². The molecule has 2 heteroatoms. The Balaban J connectivity index is 2.20. The zero-order chi connectivity index (χ0) is 9.10. The minimum atomic E-state index is 0.0787. The van der Waals surface area contributed by atoms with E-state index in [9.17, 15) is 4.79 Å². The van der Waals surface area contributed by atoms with E-state index in [-0.39, 0.29) is 5.92 Å². The number of hydrogen-bond donors (Lipinski definition) is 0. The van der Waals surface area contributed by atoms with Gasteiger partial charge in [0.2, 0.25) is 0 Å². The molecule has 0 bridgehead atoms. The second-order valence-corrected chi connectivity index (χ2v) is 3.52. The Morgan fingerprint density at radius 2 is 2.23 bits per heavy atom. The Kier molecular flexibility index (Phi) is 2.39. The zero-order valence-electron chi connectivity index (χ0n) is 7.57. The number of nitrogens with zero attached hydrogens (tertiary/aromatic N) is 1. The molecular formula is C11H13NO. The summed E-state index contributed by atoms with van der Waals surface area (Å²) in [5, 5.41) is 0. The maximum atomic E-state index is 11.6. The van der Waals surface area contributed by atoms with Crippen molar-refractivity contribution in [3.8, 4) is 0 Å². The molecule has 13 heavy (non-hydrogen) atoms. The fraction of sp³-hybridized carbons (Fsp3) is 0.455. The Morgan fingerprint density at radius 1 is 1.31 bits per heavy atom. The molecule has 1 aliphatic rings. The molecule has 0 aliphatic heterocycles. The van der Waals surface area contributed by atoms with Crippen LogP contribution in [0, 0.1) is 0 Å². The summed E-state index contributed by atoms with van der Waals surface area (Å²) in [5.74, 6) is 0.444. The van der Waals surface area contributed by atoms with Crippen LogP contribution in [0.1, 0.15) is 37.3 Å². The second kappa shape index (κ2) is 3.69. The third-order valence-corrected chi connectivity index (χ3v) is 2.60. The van der Waals surface area contributed by atoms with E-state index in [0.717, 1.165) is 31.4 Å². The Labute approximate surface area is 78.0 Å². The van der Waals surface area contributed by atoms with Crippen LogP contribution in [-0.2, 0) is 4.79 Å². The second-order valence-electron chi connectivity index (χ2n) is 3.52. The van der Waals surface area contributed by atoms with Crippen molar-refractivity contribution < 1.29 is 4.79 Å². The quantitative estimate of drug-likeness (QED) is 0.655. The van der Waals surface area contributed by atoms with Gasteiger partial charge in [-0.05, 0) is 25.0 Å². The molecule has 1 heterocycles. The lowest BCUT2D eigenvalue weighted by Crippen LogP contribution is -2.17. The number of aromatic nitrogens is 1. The fourth-order valence-corrected chi connectivity index (χ4v) is 1.88. The van der Waals surface area contributed by atoms with E-state index in [0.29, 0.717) is 5.78 Å². The summed E-state index contributed by atoms with van der Waals surface area (Å²) >= 11 is 0. The highest BCUT2D eigenvalue weighted by Gasteiger charge is 2.24. The average Bonchev–Trinajstić information content (AvgIpc) is 2.20. The van der Waals surface area contributed by atoms with Crippen LogP contribution in [0.4, 0.5) is 0 Å². The predicted molar refractivity (Wildman–Crippen MR) is 50.5 cm³/mol. The summed E-state index contributed by atoms with van der Waals surface area (Å²) in [6.07, 6.45) is 5.70. The molecule has 0 amide bonds. The SMILES string of the molecule is O=C1CCCCC1c1ccccn1. The van der Waals surface area contributed by atoms with Crippen molar-refractivity contribution in [2.75, 3.05) is 0 Å². The molecule has 1 unspecified atom stereocenters. The minimum Gasteiger partial charge on any atom is -0.299 e. The normalized spacial score (nSPS) is 23.1. The van der Waals surface area contributed by atoms with Crippen molar-refractivity contribution in [2.24, 2.45) is 0 Å². The molecule has 2 rings (SSSR count). The summed E-state index contributed by atoms with van der Waals surface area (Å²) in [5.41, 5.74) is 0.951. The molecule has 0 N–H and O–H groups in total. The first-order chi connectivity index (χ1) is 6.38. The van der Waals surface area contributed by atoms with Crippen molar-refractivity contribution >= 4 is 5.78 Å². The summed E-state index contributed by atoms with van der Waals surface area (Å²) in [6, 6.07) is 5.79. The third kappa shape index (κ3) is 1.77. The van der Waals surface area contributed by atoms with Gasteiger partial charge in [0, 0.05) is 12.6 Å². The van der Waals surface area contributed by atoms with Gasteiger partial charge in [-0.2, -0.15) is 0 Å². The van der Waals surface area contributed by atoms with Crippen LogP contribution in [0.2, 0.25) is 0 Å². The maximum Gasteiger partial charge on any atom is 0.141 e. The van der Waals surface area contributed by atoms with Crippen molar-refractivity contribution in [3.63, 3.8) is 0 Å². The first kappa shape index (κ1) is 8.42. The molecule has 0 aromatic carbocycles. The predicted octanol–water partition coefficient (Wildman–Crippen LogP) is 2.31. The Bertz CT molecular complexity index is 294. The van der Waals surface area contributed by atoms with Gasteiger partial charge < -0.3 is 0 Å². The van der Waals surface area contributed by atoms with Gasteiger partial charge in [-0.25, -0.2) is 0 Å². The largest absolute Gasteiger partial charge is 0.299 e. The Morgan fingerprint density at radius 3 is 2.92 bits per heavy atom. The van der Waals surface area contributed by atoms with Crippen molar-refractivity contribution in [1.29, 1.82) is 0 Å². The zero-order valence-corrected chi connectivity index (χ0v) is 7.57. The number of rotatable bonds is 1. The van der Waals surface area contributed by atoms with E-state index in [2.05, 4.69) is 4.98 Å². The number of ketones is 1. The van der Waals surface area contributed by atoms with Crippen molar-refractivity contribution in [1.82, 2.24) is 4.98 Å². The molecule has 0 spiro atoms. The van der Waals surface area contributed by atoms with Gasteiger partial charge in [-0.15, -0.1) is 0 Å². The monoisotopic (exact) mass is 175 g/mol. The molecule has 1 aromatic rings. The van der Waals surface area contributed by atoms with E-state index in [1.165, 1.54) is 0 Å². The summed E-state index contributed by atoms with van der Waals surface area (Å²) in [7, 11) is 0. The van der Waals surface area contributed by atoms with Crippen molar-refractivity contribution in [2.45, 2.75) is 31.6 Å². The molecule has 1 atom stereocenters. The summed E-state index contributed by atoms with van der Waals surface area (Å²) in [4.78, 5) is 15.8. The summed E-state index contributed by atoms with van der Waals surface area (Å²) in [6.45, 7) is 0. The summed E-state index contributed by atoms with van der Waals surface area (Å²) < 4.78 is 0. The average molecular weight is 175 g/mol. The first-order valence-corrected chi connectivity index (χ1v) is 4.81. The van der Waals surface area contributed by atoms with Crippen LogP contribution in [0.3, 0.4) is 0 Å². The van der Waals surface area contributed by atoms with Gasteiger partial charge in [0.1, 0.15) is 5.78 Å². The van der Waals surface area contributed by atoms with Gasteiger partial charge in [-0.3, -0.25) is 9.78 Å². The van der Waals surface area contributed by atoms with E-state index in [1.54, 1.807) is 6.20 Å². The molecule has 2 nitrogen and oxygen atoms in total.